The summed E-state index contributed by atoms with van der Waals surface area (Å²) < 4.78 is 29.4. The second-order valence-electron chi connectivity index (χ2n) is 10.6. The van der Waals surface area contributed by atoms with Crippen molar-refractivity contribution in [2.24, 2.45) is 0 Å². The summed E-state index contributed by atoms with van der Waals surface area (Å²) in [5.41, 5.74) is 3.51. The maximum absolute atomic E-state index is 14.3. The number of nitrogens with zero attached hydrogens (tertiary/aromatic N) is 2. The van der Waals surface area contributed by atoms with Crippen molar-refractivity contribution >= 4 is 50.7 Å². The number of rotatable bonds is 12. The molecule has 2 amide bonds. The zero-order chi connectivity index (χ0) is 31.2. The first-order valence-electron chi connectivity index (χ1n) is 14.0. The first-order valence-corrected chi connectivity index (χ1v) is 16.2. The molecule has 42 heavy (non-hydrogen) atoms. The third kappa shape index (κ3) is 8.06. The van der Waals surface area contributed by atoms with E-state index in [2.05, 4.69) is 5.32 Å². The van der Waals surface area contributed by atoms with Gasteiger partial charge in [-0.3, -0.25) is 13.9 Å². The van der Waals surface area contributed by atoms with E-state index in [1.54, 1.807) is 43.3 Å². The SMILES string of the molecule is CC[C@H](C)NC(=O)[C@H](CC)N(Cc1ccc(Cl)c(Cl)c1)C(=O)CN(c1cc(C)ccc1C)S(=O)(=O)c1ccc(C)cc1. The zero-order valence-corrected chi connectivity index (χ0v) is 27.3. The zero-order valence-electron chi connectivity index (χ0n) is 24.9. The van der Waals surface area contributed by atoms with Gasteiger partial charge in [0.2, 0.25) is 11.8 Å². The summed E-state index contributed by atoms with van der Waals surface area (Å²) in [6.45, 7) is 10.8. The number of benzene rings is 3. The van der Waals surface area contributed by atoms with Crippen molar-refractivity contribution in [2.75, 3.05) is 10.8 Å². The van der Waals surface area contributed by atoms with Gasteiger partial charge in [-0.25, -0.2) is 8.42 Å². The highest BCUT2D eigenvalue weighted by molar-refractivity contribution is 7.92. The van der Waals surface area contributed by atoms with Crippen LogP contribution in [0.5, 0.6) is 0 Å². The Hall–Kier alpha value is -3.07. The van der Waals surface area contributed by atoms with Crippen molar-refractivity contribution in [3.05, 3.63) is 93.0 Å². The molecule has 226 valence electrons. The third-order valence-electron chi connectivity index (χ3n) is 7.25. The Kier molecular flexibility index (Phi) is 11.5. The number of halogens is 2. The van der Waals surface area contributed by atoms with Gasteiger partial charge in [0.25, 0.3) is 10.0 Å². The van der Waals surface area contributed by atoms with E-state index in [4.69, 9.17) is 23.2 Å². The first kappa shape index (κ1) is 33.4. The minimum atomic E-state index is -4.15. The van der Waals surface area contributed by atoms with Crippen LogP contribution in [0.15, 0.2) is 65.6 Å². The second kappa shape index (κ2) is 14.4. The molecule has 0 spiro atoms. The van der Waals surface area contributed by atoms with Gasteiger partial charge in [-0.05, 0) is 87.6 Å². The standard InChI is InChI=1S/C32H39Cl2N3O4S/c1-7-24(6)35-32(39)29(8-2)36(19-25-13-16-27(33)28(34)18-25)31(38)20-37(30-17-22(4)9-12-23(30)5)42(40,41)26-14-10-21(3)11-15-26/h9-18,24,29H,7-8,19-20H2,1-6H3,(H,35,39)/t24-,29-/m0/s1. The molecule has 0 aromatic heterocycles. The summed E-state index contributed by atoms with van der Waals surface area (Å²) in [6, 6.07) is 16.1. The van der Waals surface area contributed by atoms with E-state index < -0.39 is 28.5 Å². The Bertz CT molecular complexity index is 1530. The minimum absolute atomic E-state index is 0.0351. The van der Waals surface area contributed by atoms with Gasteiger partial charge in [-0.2, -0.15) is 0 Å². The van der Waals surface area contributed by atoms with Gasteiger partial charge in [-0.15, -0.1) is 0 Å². The monoisotopic (exact) mass is 631 g/mol. The number of anilines is 1. The first-order chi connectivity index (χ1) is 19.8. The maximum Gasteiger partial charge on any atom is 0.264 e. The molecule has 0 aliphatic carbocycles. The molecule has 2 atom stereocenters. The van der Waals surface area contributed by atoms with Gasteiger partial charge in [0.15, 0.2) is 0 Å². The lowest BCUT2D eigenvalue weighted by Gasteiger charge is -2.34. The maximum atomic E-state index is 14.3. The molecule has 0 saturated carbocycles. The van der Waals surface area contributed by atoms with E-state index in [1.807, 2.05) is 46.8 Å². The number of nitrogens with one attached hydrogen (secondary N) is 1. The van der Waals surface area contributed by atoms with Gasteiger partial charge in [-0.1, -0.05) is 72.9 Å². The van der Waals surface area contributed by atoms with Gasteiger partial charge in [0.1, 0.15) is 12.6 Å². The molecule has 0 unspecified atom stereocenters. The van der Waals surface area contributed by atoms with Crippen LogP contribution in [0.25, 0.3) is 0 Å². The van der Waals surface area contributed by atoms with Crippen LogP contribution >= 0.6 is 23.2 Å². The highest BCUT2D eigenvalue weighted by Gasteiger charge is 2.34. The minimum Gasteiger partial charge on any atom is -0.352 e. The molecule has 0 radical (unpaired) electrons. The topological polar surface area (TPSA) is 86.8 Å². The molecule has 0 fully saturated rings. The normalized spacial score (nSPS) is 12.9. The molecule has 0 bridgehead atoms. The molecule has 0 heterocycles. The number of hydrogen-bond acceptors (Lipinski definition) is 4. The van der Waals surface area contributed by atoms with Gasteiger partial charge < -0.3 is 10.2 Å². The molecule has 3 aromatic rings. The summed E-state index contributed by atoms with van der Waals surface area (Å²) in [5.74, 6) is -0.830. The lowest BCUT2D eigenvalue weighted by molar-refractivity contribution is -0.140. The fourth-order valence-electron chi connectivity index (χ4n) is 4.53. The Balaban J connectivity index is 2.12. The predicted molar refractivity (Wildman–Crippen MR) is 171 cm³/mol. The van der Waals surface area contributed by atoms with Crippen LogP contribution in [0.3, 0.4) is 0 Å². The Morgan fingerprint density at radius 2 is 1.50 bits per heavy atom. The average molecular weight is 633 g/mol. The molecule has 0 saturated heterocycles. The van der Waals surface area contributed by atoms with Crippen molar-refractivity contribution in [1.29, 1.82) is 0 Å². The number of carbonyl (C=O) groups is 2. The summed E-state index contributed by atoms with van der Waals surface area (Å²) in [5, 5.41) is 3.66. The largest absolute Gasteiger partial charge is 0.352 e. The average Bonchev–Trinajstić information content (AvgIpc) is 2.94. The van der Waals surface area contributed by atoms with Crippen molar-refractivity contribution in [3.63, 3.8) is 0 Å². The number of amides is 2. The molecule has 0 aliphatic heterocycles. The van der Waals surface area contributed by atoms with Crippen LogP contribution in [0.1, 0.15) is 55.9 Å². The van der Waals surface area contributed by atoms with E-state index in [0.717, 1.165) is 21.9 Å². The Morgan fingerprint density at radius 1 is 0.857 bits per heavy atom. The van der Waals surface area contributed by atoms with E-state index in [9.17, 15) is 18.0 Å². The van der Waals surface area contributed by atoms with Crippen LogP contribution in [0.2, 0.25) is 10.0 Å². The van der Waals surface area contributed by atoms with Gasteiger partial charge in [0.05, 0.1) is 20.6 Å². The molecule has 3 rings (SSSR count). The van der Waals surface area contributed by atoms with Crippen LogP contribution in [-0.2, 0) is 26.2 Å². The molecular formula is C32H39Cl2N3O4S. The van der Waals surface area contributed by atoms with E-state index in [1.165, 1.54) is 17.0 Å². The van der Waals surface area contributed by atoms with E-state index in [0.29, 0.717) is 33.3 Å². The van der Waals surface area contributed by atoms with Crippen LogP contribution in [0, 0.1) is 20.8 Å². The predicted octanol–water partition coefficient (Wildman–Crippen LogP) is 6.84. The number of carbonyl (C=O) groups excluding carboxylic acids is 2. The van der Waals surface area contributed by atoms with Crippen LogP contribution < -0.4 is 9.62 Å². The summed E-state index contributed by atoms with van der Waals surface area (Å²) >= 11 is 12.4. The smallest absolute Gasteiger partial charge is 0.264 e. The number of sulfonamides is 1. The molecule has 10 heteroatoms. The van der Waals surface area contributed by atoms with Crippen LogP contribution in [0.4, 0.5) is 5.69 Å². The van der Waals surface area contributed by atoms with E-state index >= 15 is 0 Å². The summed E-state index contributed by atoms with van der Waals surface area (Å²) in [6.07, 6.45) is 1.04. The molecule has 3 aromatic carbocycles. The van der Waals surface area contributed by atoms with Crippen molar-refractivity contribution in [3.8, 4) is 0 Å². The fourth-order valence-corrected chi connectivity index (χ4v) is 6.33. The van der Waals surface area contributed by atoms with Gasteiger partial charge in [0, 0.05) is 12.6 Å². The van der Waals surface area contributed by atoms with Gasteiger partial charge >= 0.3 is 0 Å². The summed E-state index contributed by atoms with van der Waals surface area (Å²) in [7, 11) is -4.15. The summed E-state index contributed by atoms with van der Waals surface area (Å²) in [4.78, 5) is 29.2. The van der Waals surface area contributed by atoms with Crippen molar-refractivity contribution < 1.29 is 18.0 Å². The number of hydrogen-bond donors (Lipinski definition) is 1. The molecule has 7 nitrogen and oxygen atoms in total. The Labute approximate surface area is 259 Å². The fraction of sp³-hybridized carbons (Fsp3) is 0.375. The lowest BCUT2D eigenvalue weighted by Crippen LogP contribution is -2.53. The highest BCUT2D eigenvalue weighted by Crippen LogP contribution is 2.29. The molecular weight excluding hydrogens is 593 g/mol. The quantitative estimate of drug-likeness (QED) is 0.237. The Morgan fingerprint density at radius 3 is 2.10 bits per heavy atom. The number of aryl methyl sites for hydroxylation is 3. The third-order valence-corrected chi connectivity index (χ3v) is 9.76. The molecule has 0 aliphatic rings. The van der Waals surface area contributed by atoms with E-state index in [-0.39, 0.29) is 23.4 Å². The van der Waals surface area contributed by atoms with Crippen molar-refractivity contribution in [2.45, 2.75) is 77.9 Å². The molecule has 1 N–H and O–H groups in total. The van der Waals surface area contributed by atoms with Crippen LogP contribution in [-0.4, -0.2) is 43.8 Å². The second-order valence-corrected chi connectivity index (χ2v) is 13.3. The van der Waals surface area contributed by atoms with Crippen molar-refractivity contribution in [1.82, 2.24) is 10.2 Å². The highest BCUT2D eigenvalue weighted by atomic mass is 35.5. The lowest BCUT2D eigenvalue weighted by atomic mass is 10.1.